The summed E-state index contributed by atoms with van der Waals surface area (Å²) in [5.41, 5.74) is 6.52. The third-order valence-electron chi connectivity index (χ3n) is 3.19. The molecule has 0 aliphatic heterocycles. The standard InChI is InChI=1S/C15H14FN3O3/c1-20-13-6-9-11(7-14(13)21-2)18-19-15(9)22-12-4-3-8(17)5-10(12)16/h3-7H,17H2,1-2H3,(H,18,19). The molecule has 0 aliphatic carbocycles. The number of fused-ring (bicyclic) bond motifs is 1. The summed E-state index contributed by atoms with van der Waals surface area (Å²) < 4.78 is 29.8. The predicted molar refractivity (Wildman–Crippen MR) is 80.1 cm³/mol. The highest BCUT2D eigenvalue weighted by atomic mass is 19.1. The monoisotopic (exact) mass is 303 g/mol. The Bertz CT molecular complexity index is 832. The van der Waals surface area contributed by atoms with Crippen molar-refractivity contribution >= 4 is 16.6 Å². The lowest BCUT2D eigenvalue weighted by Crippen LogP contribution is -1.92. The van der Waals surface area contributed by atoms with E-state index in [1.807, 2.05) is 0 Å². The van der Waals surface area contributed by atoms with Crippen LogP contribution in [-0.4, -0.2) is 24.4 Å². The van der Waals surface area contributed by atoms with E-state index in [0.29, 0.717) is 28.1 Å². The highest BCUT2D eigenvalue weighted by Gasteiger charge is 2.15. The number of nitrogens with one attached hydrogen (secondary N) is 1. The molecule has 1 aromatic heterocycles. The Kier molecular flexibility index (Phi) is 3.46. The lowest BCUT2D eigenvalue weighted by Gasteiger charge is -2.08. The number of H-pyrrole nitrogens is 1. The van der Waals surface area contributed by atoms with E-state index >= 15 is 0 Å². The van der Waals surface area contributed by atoms with E-state index in [2.05, 4.69) is 10.2 Å². The van der Waals surface area contributed by atoms with Crippen LogP contribution in [0.2, 0.25) is 0 Å². The van der Waals surface area contributed by atoms with Crippen LogP contribution >= 0.6 is 0 Å². The van der Waals surface area contributed by atoms with Gasteiger partial charge in [0.25, 0.3) is 0 Å². The Labute approximate surface area is 125 Å². The van der Waals surface area contributed by atoms with Crippen LogP contribution < -0.4 is 19.9 Å². The second-order valence-electron chi connectivity index (χ2n) is 4.57. The lowest BCUT2D eigenvalue weighted by molar-refractivity contribution is 0.355. The van der Waals surface area contributed by atoms with Crippen molar-refractivity contribution in [2.24, 2.45) is 0 Å². The number of benzene rings is 2. The summed E-state index contributed by atoms with van der Waals surface area (Å²) in [6.07, 6.45) is 0. The average Bonchev–Trinajstić information content (AvgIpc) is 2.90. The topological polar surface area (TPSA) is 82.4 Å². The number of methoxy groups -OCH3 is 2. The zero-order valence-corrected chi connectivity index (χ0v) is 12.0. The first-order valence-electron chi connectivity index (χ1n) is 6.45. The summed E-state index contributed by atoms with van der Waals surface area (Å²) in [7, 11) is 3.07. The summed E-state index contributed by atoms with van der Waals surface area (Å²) in [5.74, 6) is 0.802. The maximum absolute atomic E-state index is 13.8. The number of aromatic amines is 1. The summed E-state index contributed by atoms with van der Waals surface area (Å²) in [4.78, 5) is 0. The second-order valence-corrected chi connectivity index (χ2v) is 4.57. The molecule has 1 heterocycles. The molecule has 0 unspecified atom stereocenters. The SMILES string of the molecule is COc1cc2[nH]nc(Oc3ccc(N)cc3F)c2cc1OC. The maximum atomic E-state index is 13.8. The minimum Gasteiger partial charge on any atom is -0.493 e. The number of nitrogens with two attached hydrogens (primary N) is 1. The van der Waals surface area contributed by atoms with Crippen molar-refractivity contribution in [3.63, 3.8) is 0 Å². The predicted octanol–water partition coefficient (Wildman–Crippen LogP) is 3.09. The molecule has 3 aromatic rings. The van der Waals surface area contributed by atoms with E-state index in [9.17, 15) is 4.39 Å². The minimum absolute atomic E-state index is 0.0392. The van der Waals surface area contributed by atoms with Gasteiger partial charge >= 0.3 is 0 Å². The first-order chi connectivity index (χ1) is 10.6. The molecule has 22 heavy (non-hydrogen) atoms. The van der Waals surface area contributed by atoms with Gasteiger partial charge in [0.1, 0.15) is 0 Å². The first kappa shape index (κ1) is 14.0. The molecule has 0 saturated heterocycles. The molecule has 6 nitrogen and oxygen atoms in total. The minimum atomic E-state index is -0.559. The van der Waals surface area contributed by atoms with E-state index < -0.39 is 5.82 Å². The molecular formula is C15H14FN3O3. The molecule has 0 aliphatic rings. The average molecular weight is 303 g/mol. The van der Waals surface area contributed by atoms with Crippen LogP contribution in [-0.2, 0) is 0 Å². The van der Waals surface area contributed by atoms with Crippen LogP contribution in [0.4, 0.5) is 10.1 Å². The molecule has 0 radical (unpaired) electrons. The number of hydrogen-bond donors (Lipinski definition) is 2. The number of anilines is 1. The zero-order valence-electron chi connectivity index (χ0n) is 12.0. The molecule has 3 N–H and O–H groups in total. The van der Waals surface area contributed by atoms with E-state index in [-0.39, 0.29) is 11.6 Å². The molecule has 0 spiro atoms. The van der Waals surface area contributed by atoms with Gasteiger partial charge in [-0.3, -0.25) is 5.10 Å². The van der Waals surface area contributed by atoms with E-state index in [4.69, 9.17) is 19.9 Å². The molecule has 3 rings (SSSR count). The van der Waals surface area contributed by atoms with Gasteiger partial charge < -0.3 is 19.9 Å². The zero-order chi connectivity index (χ0) is 15.7. The maximum Gasteiger partial charge on any atom is 0.246 e. The van der Waals surface area contributed by atoms with Crippen molar-refractivity contribution in [2.45, 2.75) is 0 Å². The van der Waals surface area contributed by atoms with Gasteiger partial charge in [-0.05, 0) is 18.2 Å². The Morgan fingerprint density at radius 1 is 1.05 bits per heavy atom. The quantitative estimate of drug-likeness (QED) is 0.724. The van der Waals surface area contributed by atoms with Crippen LogP contribution in [0.25, 0.3) is 10.9 Å². The lowest BCUT2D eigenvalue weighted by atomic mass is 10.2. The number of nitrogen functional groups attached to an aromatic ring is 1. The summed E-state index contributed by atoms with van der Waals surface area (Å²) in [6.45, 7) is 0. The van der Waals surface area contributed by atoms with Crippen LogP contribution in [0.3, 0.4) is 0 Å². The third kappa shape index (κ3) is 2.37. The summed E-state index contributed by atoms with van der Waals surface area (Å²) >= 11 is 0. The Morgan fingerprint density at radius 2 is 1.77 bits per heavy atom. The molecule has 2 aromatic carbocycles. The molecule has 0 saturated carbocycles. The highest BCUT2D eigenvalue weighted by molar-refractivity contribution is 5.87. The van der Waals surface area contributed by atoms with Gasteiger partial charge in [-0.2, -0.15) is 0 Å². The van der Waals surface area contributed by atoms with E-state index in [1.54, 1.807) is 25.3 Å². The second kappa shape index (κ2) is 5.44. The van der Waals surface area contributed by atoms with Gasteiger partial charge in [0.05, 0.1) is 25.1 Å². The van der Waals surface area contributed by atoms with Crippen molar-refractivity contribution < 1.29 is 18.6 Å². The van der Waals surface area contributed by atoms with Gasteiger partial charge in [0, 0.05) is 17.8 Å². The number of hydrogen-bond acceptors (Lipinski definition) is 5. The molecule has 114 valence electrons. The van der Waals surface area contributed by atoms with Crippen molar-refractivity contribution in [1.29, 1.82) is 0 Å². The number of aromatic nitrogens is 2. The molecular weight excluding hydrogens is 289 g/mol. The van der Waals surface area contributed by atoms with Crippen molar-refractivity contribution in [3.8, 4) is 23.1 Å². The van der Waals surface area contributed by atoms with E-state index in [0.717, 1.165) is 0 Å². The van der Waals surface area contributed by atoms with Crippen LogP contribution in [0, 0.1) is 5.82 Å². The molecule has 0 bridgehead atoms. The highest BCUT2D eigenvalue weighted by Crippen LogP contribution is 2.36. The molecule has 0 amide bonds. The van der Waals surface area contributed by atoms with E-state index in [1.165, 1.54) is 19.2 Å². The summed E-state index contributed by atoms with van der Waals surface area (Å²) in [5, 5.41) is 7.50. The first-order valence-corrected chi connectivity index (χ1v) is 6.45. The van der Waals surface area contributed by atoms with Crippen LogP contribution in [0.5, 0.6) is 23.1 Å². The van der Waals surface area contributed by atoms with Crippen LogP contribution in [0.1, 0.15) is 0 Å². The van der Waals surface area contributed by atoms with Gasteiger partial charge in [0.15, 0.2) is 23.1 Å². The number of rotatable bonds is 4. The smallest absolute Gasteiger partial charge is 0.246 e. The van der Waals surface area contributed by atoms with Crippen molar-refractivity contribution in [2.75, 3.05) is 20.0 Å². The summed E-state index contributed by atoms with van der Waals surface area (Å²) in [6, 6.07) is 7.63. The Balaban J connectivity index is 2.04. The van der Waals surface area contributed by atoms with Crippen LogP contribution in [0.15, 0.2) is 30.3 Å². The largest absolute Gasteiger partial charge is 0.493 e. The van der Waals surface area contributed by atoms with Gasteiger partial charge in [-0.15, -0.1) is 5.10 Å². The van der Waals surface area contributed by atoms with Crippen molar-refractivity contribution in [1.82, 2.24) is 10.2 Å². The fraction of sp³-hybridized carbons (Fsp3) is 0.133. The number of ether oxygens (including phenoxy) is 3. The third-order valence-corrected chi connectivity index (χ3v) is 3.19. The molecule has 0 fully saturated rings. The Morgan fingerprint density at radius 3 is 2.45 bits per heavy atom. The Hall–Kier alpha value is -2.96. The number of nitrogens with zero attached hydrogens (tertiary/aromatic N) is 1. The fourth-order valence-corrected chi connectivity index (χ4v) is 2.10. The number of halogens is 1. The van der Waals surface area contributed by atoms with Gasteiger partial charge in [-0.25, -0.2) is 4.39 Å². The van der Waals surface area contributed by atoms with Gasteiger partial charge in [-0.1, -0.05) is 0 Å². The normalized spacial score (nSPS) is 10.7. The molecule has 0 atom stereocenters. The van der Waals surface area contributed by atoms with Crippen molar-refractivity contribution in [3.05, 3.63) is 36.1 Å². The fourth-order valence-electron chi connectivity index (χ4n) is 2.10. The van der Waals surface area contributed by atoms with Gasteiger partial charge in [0.2, 0.25) is 5.88 Å². The molecule has 7 heteroatoms.